The fourth-order valence-electron chi connectivity index (χ4n) is 4.47. The minimum atomic E-state index is -2.82. The molecule has 2 aromatic heterocycles. The predicted octanol–water partition coefficient (Wildman–Crippen LogP) is 4.32. The summed E-state index contributed by atoms with van der Waals surface area (Å²) in [5.74, 6) is -3.02. The van der Waals surface area contributed by atoms with E-state index in [1.54, 1.807) is 31.2 Å². The average molecular weight is 491 g/mol. The molecule has 2 amide bonds. The van der Waals surface area contributed by atoms with E-state index in [-0.39, 0.29) is 5.91 Å². The number of hydrogen-bond acceptors (Lipinski definition) is 5. The van der Waals surface area contributed by atoms with Crippen LogP contribution < -0.4 is 11.1 Å². The highest BCUT2D eigenvalue weighted by Gasteiger charge is 2.46. The summed E-state index contributed by atoms with van der Waals surface area (Å²) in [4.78, 5) is 34.0. The van der Waals surface area contributed by atoms with Crippen molar-refractivity contribution in [3.63, 3.8) is 0 Å². The predicted molar refractivity (Wildman–Crippen MR) is 134 cm³/mol. The molecule has 0 saturated carbocycles. The number of anilines is 2. The van der Waals surface area contributed by atoms with Crippen LogP contribution in [0.4, 0.5) is 20.3 Å². The molecule has 0 radical (unpaired) electrons. The van der Waals surface area contributed by atoms with Gasteiger partial charge in [-0.2, -0.15) is 0 Å². The largest absolute Gasteiger partial charge is 0.383 e. The van der Waals surface area contributed by atoms with Crippen molar-refractivity contribution in [2.24, 2.45) is 7.05 Å². The molecule has 0 aliphatic carbocycles. The molecular formula is C26H24F2N6O2. The molecule has 0 unspecified atom stereocenters. The highest BCUT2D eigenvalue weighted by molar-refractivity contribution is 6.08. The van der Waals surface area contributed by atoms with Gasteiger partial charge in [-0.3, -0.25) is 9.59 Å². The van der Waals surface area contributed by atoms with Gasteiger partial charge in [0.15, 0.2) is 0 Å². The van der Waals surface area contributed by atoms with E-state index in [0.29, 0.717) is 34.5 Å². The number of nitrogen functional groups attached to an aromatic ring is 1. The number of alkyl halides is 2. The van der Waals surface area contributed by atoms with E-state index in [4.69, 9.17) is 5.73 Å². The Morgan fingerprint density at radius 2 is 1.67 bits per heavy atom. The van der Waals surface area contributed by atoms with Crippen molar-refractivity contribution in [1.82, 2.24) is 19.4 Å². The Balaban J connectivity index is 1.57. The molecule has 1 aliphatic rings. The van der Waals surface area contributed by atoms with E-state index < -0.39 is 24.9 Å². The minimum Gasteiger partial charge on any atom is -0.383 e. The Labute approximate surface area is 205 Å². The number of aromatic nitrogens is 3. The number of nitrogens with two attached hydrogens (primary N) is 1. The molecule has 3 N–H and O–H groups in total. The lowest BCUT2D eigenvalue weighted by Crippen LogP contribution is -2.58. The Bertz CT molecular complexity index is 1470. The Morgan fingerprint density at radius 3 is 2.28 bits per heavy atom. The minimum absolute atomic E-state index is 0.0762. The molecule has 184 valence electrons. The van der Waals surface area contributed by atoms with Crippen LogP contribution in [0.15, 0.2) is 54.9 Å². The third-order valence-electron chi connectivity index (χ3n) is 6.31. The van der Waals surface area contributed by atoms with Gasteiger partial charge >= 0.3 is 0 Å². The molecule has 10 heteroatoms. The van der Waals surface area contributed by atoms with E-state index >= 15 is 0 Å². The van der Waals surface area contributed by atoms with Crippen LogP contribution in [0.2, 0.25) is 0 Å². The van der Waals surface area contributed by atoms with Gasteiger partial charge in [-0.15, -0.1) is 0 Å². The van der Waals surface area contributed by atoms with Crippen molar-refractivity contribution >= 4 is 34.4 Å². The Kier molecular flexibility index (Phi) is 5.66. The monoisotopic (exact) mass is 490 g/mol. The van der Waals surface area contributed by atoms with Gasteiger partial charge in [-0.25, -0.2) is 18.7 Å². The first-order chi connectivity index (χ1) is 17.2. The van der Waals surface area contributed by atoms with E-state index in [1.165, 1.54) is 6.33 Å². The lowest BCUT2D eigenvalue weighted by Gasteiger charge is -2.38. The topological polar surface area (TPSA) is 106 Å². The number of benzene rings is 2. The van der Waals surface area contributed by atoms with E-state index in [9.17, 15) is 18.4 Å². The number of halogens is 2. The van der Waals surface area contributed by atoms with Gasteiger partial charge in [0.2, 0.25) is 5.91 Å². The molecule has 1 fully saturated rings. The fourth-order valence-corrected chi connectivity index (χ4v) is 4.47. The summed E-state index contributed by atoms with van der Waals surface area (Å²) >= 11 is 0. The number of fused-ring (bicyclic) bond motifs is 1. The molecule has 5 rings (SSSR count). The second-order valence-corrected chi connectivity index (χ2v) is 8.81. The molecule has 4 aromatic rings. The number of nitrogens with one attached hydrogen (secondary N) is 1. The maximum atomic E-state index is 13.2. The van der Waals surface area contributed by atoms with Crippen molar-refractivity contribution in [2.45, 2.75) is 19.3 Å². The normalized spacial score (nSPS) is 14.5. The number of hydrogen-bond donors (Lipinski definition) is 2. The van der Waals surface area contributed by atoms with Gasteiger partial charge in [0.05, 0.1) is 24.2 Å². The third kappa shape index (κ3) is 4.04. The van der Waals surface area contributed by atoms with Crippen LogP contribution in [-0.4, -0.2) is 50.3 Å². The van der Waals surface area contributed by atoms with Crippen molar-refractivity contribution in [3.8, 4) is 22.4 Å². The summed E-state index contributed by atoms with van der Waals surface area (Å²) in [6, 6.07) is 14.2. The molecular weight excluding hydrogens is 466 g/mol. The number of carbonyl (C=O) groups excluding carboxylic acids is 2. The number of carbonyl (C=O) groups is 2. The summed E-state index contributed by atoms with van der Waals surface area (Å²) in [5, 5.41) is 3.50. The van der Waals surface area contributed by atoms with Crippen molar-refractivity contribution in [2.75, 3.05) is 24.1 Å². The number of rotatable bonds is 5. The molecule has 36 heavy (non-hydrogen) atoms. The van der Waals surface area contributed by atoms with E-state index in [0.717, 1.165) is 27.3 Å². The maximum Gasteiger partial charge on any atom is 0.282 e. The quantitative estimate of drug-likeness (QED) is 0.433. The molecule has 0 spiro atoms. The second-order valence-electron chi connectivity index (χ2n) is 8.81. The first-order valence-electron chi connectivity index (χ1n) is 11.4. The van der Waals surface area contributed by atoms with Gasteiger partial charge in [-0.1, -0.05) is 31.2 Å². The molecule has 0 atom stereocenters. The van der Waals surface area contributed by atoms with Crippen LogP contribution in [0, 0.1) is 0 Å². The average Bonchev–Trinajstić information content (AvgIpc) is 3.16. The van der Waals surface area contributed by atoms with E-state index in [2.05, 4.69) is 15.3 Å². The molecule has 1 aliphatic heterocycles. The summed E-state index contributed by atoms with van der Waals surface area (Å²) in [6.45, 7) is 0.655. The van der Waals surface area contributed by atoms with Crippen molar-refractivity contribution < 1.29 is 18.4 Å². The SMILES string of the molecule is CCC(=O)Nc1ccc(-c2c(-c3ccc(C(=O)N4CC(F)(F)C4)cc3)c3c(N)ncnc3n2C)cc1. The molecule has 1 saturated heterocycles. The first-order valence-corrected chi connectivity index (χ1v) is 11.4. The van der Waals surface area contributed by atoms with Gasteiger partial charge < -0.3 is 20.5 Å². The number of likely N-dealkylation sites (tertiary alicyclic amines) is 1. The second kappa shape index (κ2) is 8.71. The maximum absolute atomic E-state index is 13.2. The first kappa shape index (κ1) is 23.4. The van der Waals surface area contributed by atoms with Crippen LogP contribution in [0.3, 0.4) is 0 Å². The van der Waals surface area contributed by atoms with Crippen molar-refractivity contribution in [1.29, 1.82) is 0 Å². The standard InChI is InChI=1S/C26H24F2N6O2/c1-3-19(35)32-18-10-8-16(9-11-18)22-20(21-23(29)30-14-31-24(21)33(22)2)15-4-6-17(7-5-15)25(36)34-12-26(27,28)13-34/h4-11,14H,3,12-13H2,1-2H3,(H,32,35)(H2,29,30,31). The van der Waals surface area contributed by atoms with Gasteiger partial charge in [0.1, 0.15) is 17.8 Å². The number of amides is 2. The smallest absolute Gasteiger partial charge is 0.282 e. The molecule has 0 bridgehead atoms. The number of aryl methyl sites for hydroxylation is 1. The van der Waals surface area contributed by atoms with Gasteiger partial charge in [0.25, 0.3) is 11.8 Å². The van der Waals surface area contributed by atoms with Crippen LogP contribution in [0.25, 0.3) is 33.4 Å². The molecule has 3 heterocycles. The van der Waals surface area contributed by atoms with Gasteiger partial charge in [-0.05, 0) is 35.4 Å². The summed E-state index contributed by atoms with van der Waals surface area (Å²) < 4.78 is 28.3. The van der Waals surface area contributed by atoms with E-state index in [1.807, 2.05) is 35.9 Å². The van der Waals surface area contributed by atoms with Crippen LogP contribution in [-0.2, 0) is 11.8 Å². The zero-order valence-corrected chi connectivity index (χ0v) is 19.8. The summed E-state index contributed by atoms with van der Waals surface area (Å²) in [5.41, 5.74) is 11.2. The molecule has 2 aromatic carbocycles. The number of nitrogens with zero attached hydrogens (tertiary/aromatic N) is 4. The zero-order chi connectivity index (χ0) is 25.6. The summed E-state index contributed by atoms with van der Waals surface area (Å²) in [7, 11) is 1.88. The third-order valence-corrected chi connectivity index (χ3v) is 6.31. The highest BCUT2D eigenvalue weighted by Crippen LogP contribution is 2.42. The highest BCUT2D eigenvalue weighted by atomic mass is 19.3. The van der Waals surface area contributed by atoms with Crippen LogP contribution in [0.1, 0.15) is 23.7 Å². The molecule has 8 nitrogen and oxygen atoms in total. The Morgan fingerprint density at radius 1 is 1.03 bits per heavy atom. The lowest BCUT2D eigenvalue weighted by molar-refractivity contribution is -0.115. The summed E-state index contributed by atoms with van der Waals surface area (Å²) in [6.07, 6.45) is 1.78. The fraction of sp³-hybridized carbons (Fsp3) is 0.231. The Hall–Kier alpha value is -4.34. The zero-order valence-electron chi connectivity index (χ0n) is 19.8. The van der Waals surface area contributed by atoms with Crippen molar-refractivity contribution in [3.05, 3.63) is 60.4 Å². The van der Waals surface area contributed by atoms with Gasteiger partial charge in [0, 0.05) is 30.3 Å². The lowest BCUT2D eigenvalue weighted by atomic mass is 9.97. The van der Waals surface area contributed by atoms with Crippen LogP contribution >= 0.6 is 0 Å². The van der Waals surface area contributed by atoms with Crippen LogP contribution in [0.5, 0.6) is 0 Å².